The van der Waals surface area contributed by atoms with Gasteiger partial charge in [0, 0.05) is 34.0 Å². The van der Waals surface area contributed by atoms with Crippen LogP contribution in [0.25, 0.3) is 0 Å². The minimum atomic E-state index is 0.522. The van der Waals surface area contributed by atoms with E-state index in [1.807, 2.05) is 0 Å². The quantitative estimate of drug-likeness (QED) is 0.648. The second-order valence-corrected chi connectivity index (χ2v) is 4.44. The minimum absolute atomic E-state index is 0.522. The topological polar surface area (TPSA) is 30.5 Å². The van der Waals surface area contributed by atoms with Crippen LogP contribution in [0, 0.1) is 0 Å². The molecule has 0 saturated carbocycles. The van der Waals surface area contributed by atoms with Crippen LogP contribution in [0.2, 0.25) is 0 Å². The molecule has 1 N–H and O–H groups in total. The lowest BCUT2D eigenvalue weighted by molar-refractivity contribution is 0.185. The molecule has 0 amide bonds. The van der Waals surface area contributed by atoms with Crippen LogP contribution in [0.5, 0.6) is 0 Å². The molecule has 0 spiro atoms. The normalized spacial score (nSPS) is 12.6. The molecule has 0 aromatic heterocycles. The van der Waals surface area contributed by atoms with E-state index in [1.54, 1.807) is 14.2 Å². The number of hydrogen-bond acceptors (Lipinski definition) is 3. The number of ether oxygens (including phenoxy) is 2. The highest BCUT2D eigenvalue weighted by atomic mass is 16.5. The van der Waals surface area contributed by atoms with Crippen molar-refractivity contribution in [1.29, 1.82) is 0 Å². The Morgan fingerprint density at radius 3 is 2.44 bits per heavy atom. The Kier molecular flexibility index (Phi) is 8.47. The van der Waals surface area contributed by atoms with Crippen LogP contribution < -0.4 is 5.32 Å². The molecule has 18 heavy (non-hydrogen) atoms. The van der Waals surface area contributed by atoms with Gasteiger partial charge in [0.1, 0.15) is 0 Å². The van der Waals surface area contributed by atoms with Gasteiger partial charge in [0.05, 0.1) is 0 Å². The molecule has 1 atom stereocenters. The molecule has 0 saturated heterocycles. The lowest BCUT2D eigenvalue weighted by Crippen LogP contribution is -2.24. The highest BCUT2D eigenvalue weighted by molar-refractivity contribution is 5.19. The summed E-state index contributed by atoms with van der Waals surface area (Å²) in [5, 5.41) is 3.49. The van der Waals surface area contributed by atoms with Gasteiger partial charge in [-0.2, -0.15) is 0 Å². The van der Waals surface area contributed by atoms with E-state index in [-0.39, 0.29) is 0 Å². The van der Waals surface area contributed by atoms with Crippen molar-refractivity contribution in [2.45, 2.75) is 18.8 Å². The van der Waals surface area contributed by atoms with Crippen molar-refractivity contribution in [3.05, 3.63) is 35.9 Å². The molecule has 102 valence electrons. The predicted molar refractivity (Wildman–Crippen MR) is 75.0 cm³/mol. The average molecular weight is 251 g/mol. The molecule has 1 aromatic carbocycles. The summed E-state index contributed by atoms with van der Waals surface area (Å²) in [6, 6.07) is 10.6. The second kappa shape index (κ2) is 10.1. The largest absolute Gasteiger partial charge is 0.385 e. The van der Waals surface area contributed by atoms with Crippen molar-refractivity contribution in [1.82, 2.24) is 5.32 Å². The summed E-state index contributed by atoms with van der Waals surface area (Å²) in [5.41, 5.74) is 1.38. The maximum atomic E-state index is 5.19. The van der Waals surface area contributed by atoms with E-state index in [1.165, 1.54) is 5.56 Å². The van der Waals surface area contributed by atoms with Crippen molar-refractivity contribution in [3.63, 3.8) is 0 Å². The SMILES string of the molecule is COCCCNCC(CCOC)c1ccccc1. The van der Waals surface area contributed by atoms with Gasteiger partial charge in [0.25, 0.3) is 0 Å². The van der Waals surface area contributed by atoms with Crippen molar-refractivity contribution < 1.29 is 9.47 Å². The number of benzene rings is 1. The van der Waals surface area contributed by atoms with Gasteiger partial charge in [-0.3, -0.25) is 0 Å². The number of hydrogen-bond donors (Lipinski definition) is 1. The number of methoxy groups -OCH3 is 2. The van der Waals surface area contributed by atoms with E-state index >= 15 is 0 Å². The Balaban J connectivity index is 2.36. The van der Waals surface area contributed by atoms with Crippen molar-refractivity contribution in [3.8, 4) is 0 Å². The van der Waals surface area contributed by atoms with Gasteiger partial charge in [0.2, 0.25) is 0 Å². The molecule has 3 heteroatoms. The van der Waals surface area contributed by atoms with Gasteiger partial charge in [-0.15, -0.1) is 0 Å². The second-order valence-electron chi connectivity index (χ2n) is 4.44. The molecule has 0 aliphatic rings. The molecular formula is C15H25NO2. The van der Waals surface area contributed by atoms with Gasteiger partial charge in [-0.1, -0.05) is 30.3 Å². The van der Waals surface area contributed by atoms with Gasteiger partial charge < -0.3 is 14.8 Å². The molecule has 0 heterocycles. The van der Waals surface area contributed by atoms with Crippen LogP contribution in [-0.4, -0.2) is 40.5 Å². The van der Waals surface area contributed by atoms with E-state index < -0.39 is 0 Å². The molecule has 0 bridgehead atoms. The zero-order valence-corrected chi connectivity index (χ0v) is 11.5. The Morgan fingerprint density at radius 2 is 1.78 bits per heavy atom. The van der Waals surface area contributed by atoms with Gasteiger partial charge in [-0.05, 0) is 30.9 Å². The fourth-order valence-corrected chi connectivity index (χ4v) is 1.99. The first-order valence-electron chi connectivity index (χ1n) is 6.62. The molecule has 0 fully saturated rings. The van der Waals surface area contributed by atoms with Crippen molar-refractivity contribution in [2.75, 3.05) is 40.5 Å². The smallest absolute Gasteiger partial charge is 0.0474 e. The summed E-state index contributed by atoms with van der Waals surface area (Å²) in [6.07, 6.45) is 2.11. The van der Waals surface area contributed by atoms with E-state index in [9.17, 15) is 0 Å². The molecule has 3 nitrogen and oxygen atoms in total. The molecule has 0 radical (unpaired) electrons. The Labute approximate surface area is 110 Å². The van der Waals surface area contributed by atoms with Crippen LogP contribution in [-0.2, 0) is 9.47 Å². The van der Waals surface area contributed by atoms with Gasteiger partial charge >= 0.3 is 0 Å². The van der Waals surface area contributed by atoms with E-state index in [0.29, 0.717) is 5.92 Å². The first-order valence-corrected chi connectivity index (χ1v) is 6.62. The third-order valence-electron chi connectivity index (χ3n) is 3.03. The standard InChI is InChI=1S/C15H25NO2/c1-17-11-6-10-16-13-15(9-12-18-2)14-7-4-3-5-8-14/h3-5,7-8,15-16H,6,9-13H2,1-2H3. The van der Waals surface area contributed by atoms with E-state index in [4.69, 9.17) is 9.47 Å². The minimum Gasteiger partial charge on any atom is -0.385 e. The van der Waals surface area contributed by atoms with Crippen LogP contribution in [0.15, 0.2) is 30.3 Å². The zero-order chi connectivity index (χ0) is 13.1. The summed E-state index contributed by atoms with van der Waals surface area (Å²) < 4.78 is 10.2. The summed E-state index contributed by atoms with van der Waals surface area (Å²) in [4.78, 5) is 0. The van der Waals surface area contributed by atoms with Crippen molar-refractivity contribution >= 4 is 0 Å². The first kappa shape index (κ1) is 15.2. The zero-order valence-electron chi connectivity index (χ0n) is 11.5. The van der Waals surface area contributed by atoms with E-state index in [0.717, 1.165) is 39.1 Å². The summed E-state index contributed by atoms with van der Waals surface area (Å²) in [6.45, 7) is 3.63. The molecule has 1 unspecified atom stereocenters. The van der Waals surface area contributed by atoms with Crippen molar-refractivity contribution in [2.24, 2.45) is 0 Å². The predicted octanol–water partition coefficient (Wildman–Crippen LogP) is 2.43. The summed E-state index contributed by atoms with van der Waals surface area (Å²) in [5.74, 6) is 0.522. The third kappa shape index (κ3) is 6.15. The fraction of sp³-hybridized carbons (Fsp3) is 0.600. The Hall–Kier alpha value is -0.900. The summed E-state index contributed by atoms with van der Waals surface area (Å²) in [7, 11) is 3.50. The lowest BCUT2D eigenvalue weighted by atomic mass is 9.96. The highest BCUT2D eigenvalue weighted by Crippen LogP contribution is 2.18. The van der Waals surface area contributed by atoms with Gasteiger partial charge in [0.15, 0.2) is 0 Å². The third-order valence-corrected chi connectivity index (χ3v) is 3.03. The van der Waals surface area contributed by atoms with Crippen LogP contribution in [0.1, 0.15) is 24.3 Å². The maximum Gasteiger partial charge on any atom is 0.0474 e. The first-order chi connectivity index (χ1) is 8.88. The Bertz CT molecular complexity index is 290. The molecule has 1 aromatic rings. The fourth-order valence-electron chi connectivity index (χ4n) is 1.99. The number of nitrogens with one attached hydrogen (secondary N) is 1. The number of rotatable bonds is 10. The molecule has 0 aliphatic heterocycles. The average Bonchev–Trinajstić information content (AvgIpc) is 2.43. The summed E-state index contributed by atoms with van der Waals surface area (Å²) >= 11 is 0. The van der Waals surface area contributed by atoms with E-state index in [2.05, 4.69) is 35.6 Å². The molecular weight excluding hydrogens is 226 g/mol. The lowest BCUT2D eigenvalue weighted by Gasteiger charge is -2.17. The molecule has 1 rings (SSSR count). The maximum absolute atomic E-state index is 5.19. The van der Waals surface area contributed by atoms with Gasteiger partial charge in [-0.25, -0.2) is 0 Å². The highest BCUT2D eigenvalue weighted by Gasteiger charge is 2.10. The van der Waals surface area contributed by atoms with Crippen LogP contribution in [0.4, 0.5) is 0 Å². The van der Waals surface area contributed by atoms with Crippen LogP contribution >= 0.6 is 0 Å². The van der Waals surface area contributed by atoms with Crippen LogP contribution in [0.3, 0.4) is 0 Å². The Morgan fingerprint density at radius 1 is 1.06 bits per heavy atom. The monoisotopic (exact) mass is 251 g/mol. The molecule has 0 aliphatic carbocycles.